The molecule has 13 heteroatoms. The van der Waals surface area contributed by atoms with Crippen LogP contribution >= 0.6 is 11.8 Å². The summed E-state index contributed by atoms with van der Waals surface area (Å²) in [6.45, 7) is 2.46. The minimum atomic E-state index is -4.52. The molecular weight excluding hydrogens is 545 g/mol. The molecule has 0 bridgehead atoms. The summed E-state index contributed by atoms with van der Waals surface area (Å²) in [7, 11) is 3.02. The van der Waals surface area contributed by atoms with E-state index in [1.165, 1.54) is 18.7 Å². The van der Waals surface area contributed by atoms with Crippen LogP contribution < -0.4 is 20.7 Å². The third kappa shape index (κ3) is 7.32. The first-order chi connectivity index (χ1) is 19.2. The molecule has 1 fully saturated rings. The number of piperidine rings is 1. The first-order valence-electron chi connectivity index (χ1n) is 12.7. The minimum absolute atomic E-state index is 0.0159. The van der Waals surface area contributed by atoms with Crippen molar-refractivity contribution >= 4 is 34.7 Å². The molecule has 0 spiro atoms. The average Bonchev–Trinajstić information content (AvgIpc) is 3.28. The molecule has 40 heavy (non-hydrogen) atoms. The zero-order valence-corrected chi connectivity index (χ0v) is 23.0. The smallest absolute Gasteiger partial charge is 0.446 e. The van der Waals surface area contributed by atoms with Gasteiger partial charge in [-0.3, -0.25) is 4.79 Å². The number of β-amino-alcohol motifs (C(OH)–C–C–N with tert-alkyl or cyclic N) is 1. The van der Waals surface area contributed by atoms with Crippen LogP contribution in [0.5, 0.6) is 5.75 Å². The number of anilines is 2. The lowest BCUT2D eigenvalue weighted by Gasteiger charge is -2.32. The predicted octanol–water partition coefficient (Wildman–Crippen LogP) is 3.65. The van der Waals surface area contributed by atoms with Gasteiger partial charge in [0.1, 0.15) is 17.3 Å². The number of pyridine rings is 1. The molecule has 2 aromatic heterocycles. The third-order valence-corrected chi connectivity index (χ3v) is 7.29. The van der Waals surface area contributed by atoms with Crippen molar-refractivity contribution in [2.75, 3.05) is 57.6 Å². The number of halogens is 3. The summed E-state index contributed by atoms with van der Waals surface area (Å²) in [5, 5.41) is 22.6. The van der Waals surface area contributed by atoms with Crippen LogP contribution in [0.4, 0.5) is 24.7 Å². The van der Waals surface area contributed by atoms with Crippen LogP contribution in [0.2, 0.25) is 0 Å². The maximum Gasteiger partial charge on any atom is 0.446 e. The van der Waals surface area contributed by atoms with Gasteiger partial charge < -0.3 is 30.7 Å². The van der Waals surface area contributed by atoms with Gasteiger partial charge in [0, 0.05) is 38.3 Å². The predicted molar refractivity (Wildman–Crippen MR) is 149 cm³/mol. The van der Waals surface area contributed by atoms with Crippen molar-refractivity contribution in [3.8, 4) is 17.6 Å². The zero-order valence-electron chi connectivity index (χ0n) is 22.1. The van der Waals surface area contributed by atoms with E-state index in [0.29, 0.717) is 34.9 Å². The molecule has 1 saturated heterocycles. The number of hydrogen-bond acceptors (Lipinski definition) is 8. The number of aliphatic hydroxyl groups is 1. The topological polar surface area (TPSA) is 103 Å². The number of methoxy groups -OCH3 is 1. The number of rotatable bonds is 9. The number of aromatic nitrogens is 2. The van der Waals surface area contributed by atoms with Crippen LogP contribution in [0.1, 0.15) is 28.9 Å². The fraction of sp³-hybridized carbons (Fsp3) is 0.407. The number of likely N-dealkylation sites (tertiary alicyclic amines) is 1. The highest BCUT2D eigenvalue weighted by Crippen LogP contribution is 2.41. The van der Waals surface area contributed by atoms with E-state index in [2.05, 4.69) is 37.8 Å². The lowest BCUT2D eigenvalue weighted by molar-refractivity contribution is -0.0327. The van der Waals surface area contributed by atoms with Crippen molar-refractivity contribution in [3.63, 3.8) is 0 Å². The fourth-order valence-corrected chi connectivity index (χ4v) is 5.18. The van der Waals surface area contributed by atoms with Crippen LogP contribution in [-0.2, 0) is 0 Å². The molecular formula is C27H31F3N6O3S. The van der Waals surface area contributed by atoms with Crippen LogP contribution in [0, 0.1) is 11.8 Å². The number of ether oxygens (including phenoxy) is 1. The van der Waals surface area contributed by atoms with E-state index in [-0.39, 0.29) is 47.5 Å². The van der Waals surface area contributed by atoms with Gasteiger partial charge in [-0.2, -0.15) is 18.3 Å². The van der Waals surface area contributed by atoms with Gasteiger partial charge in [-0.05, 0) is 60.9 Å². The number of thioether (sulfide) groups is 1. The standard InChI is InChI=1S/C27H31F3N6O3S/c1-31-26(38)18-8-9-23(39-2)21(17-18)32-12-4-5-20-25(40-27(28,29)30)22-6-3-7-24(36(22)34-20)33-19-10-13-35(14-11-19)15-16-37/h3,6-9,17,19,32-33,37H,10-16H2,1-2H3,(H,31,38). The van der Waals surface area contributed by atoms with Gasteiger partial charge in [0.2, 0.25) is 0 Å². The van der Waals surface area contributed by atoms with Gasteiger partial charge in [0.05, 0.1) is 36.4 Å². The SMILES string of the molecule is CNC(=O)c1ccc(OC)c(NCC#Cc2nn3c(NC4CCN(CCO)CC4)cccc3c2SC(F)(F)F)c1. The van der Waals surface area contributed by atoms with E-state index >= 15 is 0 Å². The molecule has 4 rings (SSSR count). The normalized spacial score (nSPS) is 14.4. The summed E-state index contributed by atoms with van der Waals surface area (Å²) in [5.41, 5.74) is -3.25. The number of nitrogens with zero attached hydrogens (tertiary/aromatic N) is 3. The molecule has 0 saturated carbocycles. The van der Waals surface area contributed by atoms with Crippen LogP contribution in [0.25, 0.3) is 5.52 Å². The van der Waals surface area contributed by atoms with E-state index in [0.717, 1.165) is 25.9 Å². The van der Waals surface area contributed by atoms with Crippen molar-refractivity contribution < 1.29 is 27.8 Å². The Hall–Kier alpha value is -3.60. The van der Waals surface area contributed by atoms with E-state index in [9.17, 15) is 18.0 Å². The number of carbonyl (C=O) groups excluding carboxylic acids is 1. The third-order valence-electron chi connectivity index (χ3n) is 6.45. The molecule has 214 valence electrons. The molecule has 3 aromatic rings. The van der Waals surface area contributed by atoms with Gasteiger partial charge in [-0.25, -0.2) is 4.52 Å². The molecule has 9 nitrogen and oxygen atoms in total. The molecule has 1 aliphatic rings. The van der Waals surface area contributed by atoms with Gasteiger partial charge in [0.15, 0.2) is 0 Å². The van der Waals surface area contributed by atoms with Crippen LogP contribution in [0.3, 0.4) is 0 Å². The molecule has 1 aromatic carbocycles. The highest BCUT2D eigenvalue weighted by Gasteiger charge is 2.33. The van der Waals surface area contributed by atoms with Gasteiger partial charge in [-0.1, -0.05) is 12.0 Å². The molecule has 0 aliphatic carbocycles. The number of hydrogen-bond donors (Lipinski definition) is 4. The number of nitrogens with one attached hydrogen (secondary N) is 3. The maximum absolute atomic E-state index is 13.5. The molecule has 1 amide bonds. The van der Waals surface area contributed by atoms with Gasteiger partial charge >= 0.3 is 5.51 Å². The number of carbonyl (C=O) groups is 1. The Balaban J connectivity index is 1.57. The number of amides is 1. The zero-order chi connectivity index (χ0) is 28.7. The second kappa shape index (κ2) is 13.2. The van der Waals surface area contributed by atoms with E-state index < -0.39 is 5.51 Å². The highest BCUT2D eigenvalue weighted by molar-refractivity contribution is 8.00. The largest absolute Gasteiger partial charge is 0.495 e. The lowest BCUT2D eigenvalue weighted by Crippen LogP contribution is -2.40. The molecule has 3 heterocycles. The number of fused-ring (bicyclic) bond motifs is 1. The Kier molecular flexibility index (Phi) is 9.67. The molecule has 0 radical (unpaired) electrons. The Morgan fingerprint density at radius 3 is 2.70 bits per heavy atom. The van der Waals surface area contributed by atoms with Crippen molar-refractivity contribution in [2.24, 2.45) is 0 Å². The summed E-state index contributed by atoms with van der Waals surface area (Å²) < 4.78 is 47.3. The van der Waals surface area contributed by atoms with Crippen molar-refractivity contribution in [2.45, 2.75) is 29.3 Å². The van der Waals surface area contributed by atoms with Crippen molar-refractivity contribution in [1.29, 1.82) is 0 Å². The molecule has 4 N–H and O–H groups in total. The molecule has 1 aliphatic heterocycles. The molecule has 0 atom stereocenters. The summed E-state index contributed by atoms with van der Waals surface area (Å²) >= 11 is -0.237. The van der Waals surface area contributed by atoms with Crippen LogP contribution in [0.15, 0.2) is 41.3 Å². The Morgan fingerprint density at radius 1 is 1.25 bits per heavy atom. The molecule has 0 unspecified atom stereocenters. The highest BCUT2D eigenvalue weighted by atomic mass is 32.2. The summed E-state index contributed by atoms with van der Waals surface area (Å²) in [6, 6.07) is 10.1. The number of alkyl halides is 3. The van der Waals surface area contributed by atoms with Crippen LogP contribution in [-0.4, -0.2) is 84.0 Å². The summed E-state index contributed by atoms with van der Waals surface area (Å²) in [5.74, 6) is 6.45. The first-order valence-corrected chi connectivity index (χ1v) is 13.5. The monoisotopic (exact) mass is 576 g/mol. The van der Waals surface area contributed by atoms with Crippen molar-refractivity contribution in [3.05, 3.63) is 47.7 Å². The van der Waals surface area contributed by atoms with Crippen molar-refractivity contribution in [1.82, 2.24) is 19.8 Å². The van der Waals surface area contributed by atoms with Gasteiger partial charge in [-0.15, -0.1) is 0 Å². The van der Waals surface area contributed by atoms with Gasteiger partial charge in [0.25, 0.3) is 5.91 Å². The maximum atomic E-state index is 13.5. The Bertz CT molecular complexity index is 1390. The first kappa shape index (κ1) is 29.4. The Labute approximate surface area is 234 Å². The number of aliphatic hydroxyl groups excluding tert-OH is 1. The quantitative estimate of drug-likeness (QED) is 0.226. The fourth-order valence-electron chi connectivity index (χ4n) is 4.51. The average molecular weight is 577 g/mol. The van der Waals surface area contributed by atoms with E-state index in [1.807, 2.05) is 0 Å². The number of benzene rings is 1. The van der Waals surface area contributed by atoms with E-state index in [1.54, 1.807) is 36.4 Å². The van der Waals surface area contributed by atoms with E-state index in [4.69, 9.17) is 9.84 Å². The summed E-state index contributed by atoms with van der Waals surface area (Å²) in [4.78, 5) is 14.1. The second-order valence-electron chi connectivity index (χ2n) is 9.07. The lowest BCUT2D eigenvalue weighted by atomic mass is 10.1. The second-order valence-corrected chi connectivity index (χ2v) is 10.1. The minimum Gasteiger partial charge on any atom is -0.495 e. The summed E-state index contributed by atoms with van der Waals surface area (Å²) in [6.07, 6.45) is 1.68. The Morgan fingerprint density at radius 2 is 2.02 bits per heavy atom.